The van der Waals surface area contributed by atoms with E-state index >= 15 is 0 Å². The highest BCUT2D eigenvalue weighted by Crippen LogP contribution is 2.24. The lowest BCUT2D eigenvalue weighted by atomic mass is 10.1. The van der Waals surface area contributed by atoms with Crippen LogP contribution in [0.4, 0.5) is 5.69 Å². The molecular formula is C18H22ClN3O2. The number of carbonyl (C=O) groups excluding carboxylic acids is 1. The molecule has 1 aromatic carbocycles. The van der Waals surface area contributed by atoms with E-state index in [1.807, 2.05) is 18.0 Å². The summed E-state index contributed by atoms with van der Waals surface area (Å²) in [5.41, 5.74) is 1.26. The number of anilines is 1. The number of hydrogen-bond acceptors (Lipinski definition) is 4. The Morgan fingerprint density at radius 1 is 1.42 bits per heavy atom. The van der Waals surface area contributed by atoms with Gasteiger partial charge in [-0.05, 0) is 24.5 Å². The number of nitrogens with zero attached hydrogens (tertiary/aromatic N) is 3. The third-order valence-corrected chi connectivity index (χ3v) is 4.66. The highest BCUT2D eigenvalue weighted by atomic mass is 35.5. The first-order chi connectivity index (χ1) is 11.6. The molecule has 1 amide bonds. The zero-order valence-corrected chi connectivity index (χ0v) is 14.6. The summed E-state index contributed by atoms with van der Waals surface area (Å²) in [4.78, 5) is 16.5. The molecule has 1 aromatic heterocycles. The van der Waals surface area contributed by atoms with Crippen LogP contribution < -0.4 is 4.90 Å². The second-order valence-corrected chi connectivity index (χ2v) is 6.71. The van der Waals surface area contributed by atoms with Crippen LogP contribution >= 0.6 is 11.6 Å². The highest BCUT2D eigenvalue weighted by molar-refractivity contribution is 6.29. The van der Waals surface area contributed by atoms with Crippen LogP contribution in [0.5, 0.6) is 0 Å². The zero-order chi connectivity index (χ0) is 16.9. The van der Waals surface area contributed by atoms with Gasteiger partial charge >= 0.3 is 0 Å². The Morgan fingerprint density at radius 3 is 2.92 bits per heavy atom. The van der Waals surface area contributed by atoms with Gasteiger partial charge in [-0.2, -0.15) is 0 Å². The molecule has 1 aliphatic heterocycles. The molecule has 1 fully saturated rings. The van der Waals surface area contributed by atoms with E-state index in [2.05, 4.69) is 34.3 Å². The predicted molar refractivity (Wildman–Crippen MR) is 94.2 cm³/mol. The number of amides is 1. The molecule has 3 rings (SSSR count). The molecule has 2 heterocycles. The van der Waals surface area contributed by atoms with E-state index in [0.29, 0.717) is 29.7 Å². The predicted octanol–water partition coefficient (Wildman–Crippen LogP) is 3.25. The molecule has 1 aliphatic rings. The maximum Gasteiger partial charge on any atom is 0.222 e. The molecule has 1 saturated heterocycles. The van der Waals surface area contributed by atoms with Crippen LogP contribution in [0.15, 0.2) is 40.9 Å². The molecule has 0 spiro atoms. The van der Waals surface area contributed by atoms with Gasteiger partial charge in [0.15, 0.2) is 5.15 Å². The Bertz CT molecular complexity index is 674. The van der Waals surface area contributed by atoms with Crippen LogP contribution in [0, 0.1) is 5.92 Å². The summed E-state index contributed by atoms with van der Waals surface area (Å²) in [6, 6.07) is 12.1. The minimum atomic E-state index is 0.126. The summed E-state index contributed by atoms with van der Waals surface area (Å²) < 4.78 is 5.03. The normalized spacial score (nSPS) is 17.2. The first-order valence-electron chi connectivity index (χ1n) is 8.27. The first-order valence-corrected chi connectivity index (χ1v) is 8.64. The number of aromatic nitrogens is 1. The molecule has 5 nitrogen and oxygen atoms in total. The monoisotopic (exact) mass is 347 g/mol. The van der Waals surface area contributed by atoms with Gasteiger partial charge in [0.2, 0.25) is 5.91 Å². The SMILES string of the molecule is CN(CC1CCN(c2ccccc2)C1)C(=O)CCc1cc(Cl)no1. The minimum Gasteiger partial charge on any atom is -0.371 e. The lowest BCUT2D eigenvalue weighted by Gasteiger charge is -2.22. The largest absolute Gasteiger partial charge is 0.371 e. The average molecular weight is 348 g/mol. The van der Waals surface area contributed by atoms with Crippen molar-refractivity contribution in [2.45, 2.75) is 19.3 Å². The number of rotatable bonds is 6. The van der Waals surface area contributed by atoms with Crippen molar-refractivity contribution in [1.29, 1.82) is 0 Å². The standard InChI is InChI=1S/C18H22ClN3O2/c1-21(18(23)8-7-16-11-17(19)20-24-16)12-14-9-10-22(13-14)15-5-3-2-4-6-15/h2-6,11,14H,7-10,12-13H2,1H3. The van der Waals surface area contributed by atoms with Gasteiger partial charge in [0, 0.05) is 51.3 Å². The maximum absolute atomic E-state index is 12.3. The van der Waals surface area contributed by atoms with Crippen LogP contribution in [0.2, 0.25) is 5.15 Å². The molecule has 0 radical (unpaired) electrons. The van der Waals surface area contributed by atoms with Gasteiger partial charge < -0.3 is 14.3 Å². The first kappa shape index (κ1) is 16.8. The van der Waals surface area contributed by atoms with Crippen molar-refractivity contribution in [2.24, 2.45) is 5.92 Å². The van der Waals surface area contributed by atoms with Crippen molar-refractivity contribution in [2.75, 3.05) is 31.6 Å². The Kier molecular flexibility index (Phi) is 5.41. The molecule has 0 saturated carbocycles. The Balaban J connectivity index is 1.44. The average Bonchev–Trinajstić information content (AvgIpc) is 3.22. The van der Waals surface area contributed by atoms with E-state index in [1.54, 1.807) is 6.07 Å². The van der Waals surface area contributed by atoms with Crippen molar-refractivity contribution in [3.8, 4) is 0 Å². The number of para-hydroxylation sites is 1. The fraction of sp³-hybridized carbons (Fsp3) is 0.444. The number of hydrogen-bond donors (Lipinski definition) is 0. The summed E-state index contributed by atoms with van der Waals surface area (Å²) in [5, 5.41) is 3.95. The van der Waals surface area contributed by atoms with E-state index in [1.165, 1.54) is 5.69 Å². The molecular weight excluding hydrogens is 326 g/mol. The van der Waals surface area contributed by atoms with E-state index in [0.717, 1.165) is 26.1 Å². The van der Waals surface area contributed by atoms with E-state index in [9.17, 15) is 4.79 Å². The molecule has 6 heteroatoms. The summed E-state index contributed by atoms with van der Waals surface area (Å²) in [6.45, 7) is 2.84. The second kappa shape index (κ2) is 7.71. The minimum absolute atomic E-state index is 0.126. The Labute approximate surface area is 147 Å². The van der Waals surface area contributed by atoms with E-state index in [4.69, 9.17) is 16.1 Å². The van der Waals surface area contributed by atoms with Gasteiger partial charge in [0.05, 0.1) is 0 Å². The maximum atomic E-state index is 12.3. The Hall–Kier alpha value is -2.01. The van der Waals surface area contributed by atoms with Crippen molar-refractivity contribution in [1.82, 2.24) is 10.1 Å². The summed E-state index contributed by atoms with van der Waals surface area (Å²) >= 11 is 5.71. The van der Waals surface area contributed by atoms with Gasteiger partial charge in [-0.15, -0.1) is 0 Å². The molecule has 0 bridgehead atoms. The third kappa shape index (κ3) is 4.29. The van der Waals surface area contributed by atoms with Crippen LogP contribution in [0.1, 0.15) is 18.6 Å². The summed E-state index contributed by atoms with van der Waals surface area (Å²) in [7, 11) is 1.88. The fourth-order valence-electron chi connectivity index (χ4n) is 3.17. The van der Waals surface area contributed by atoms with Gasteiger partial charge in [-0.1, -0.05) is 35.0 Å². The van der Waals surface area contributed by atoms with Gasteiger partial charge in [0.25, 0.3) is 0 Å². The topological polar surface area (TPSA) is 49.6 Å². The molecule has 1 atom stereocenters. The highest BCUT2D eigenvalue weighted by Gasteiger charge is 2.25. The van der Waals surface area contributed by atoms with Gasteiger partial charge in [0.1, 0.15) is 5.76 Å². The molecule has 1 unspecified atom stereocenters. The zero-order valence-electron chi connectivity index (χ0n) is 13.8. The van der Waals surface area contributed by atoms with Crippen LogP contribution in [-0.2, 0) is 11.2 Å². The lowest BCUT2D eigenvalue weighted by molar-refractivity contribution is -0.130. The van der Waals surface area contributed by atoms with Crippen molar-refractivity contribution >= 4 is 23.2 Å². The third-order valence-electron chi connectivity index (χ3n) is 4.48. The van der Waals surface area contributed by atoms with E-state index < -0.39 is 0 Å². The summed E-state index contributed by atoms with van der Waals surface area (Å²) in [5.74, 6) is 1.29. The van der Waals surface area contributed by atoms with Crippen molar-refractivity contribution in [3.05, 3.63) is 47.3 Å². The smallest absolute Gasteiger partial charge is 0.222 e. The van der Waals surface area contributed by atoms with Crippen molar-refractivity contribution < 1.29 is 9.32 Å². The number of aryl methyl sites for hydroxylation is 1. The number of benzene rings is 1. The second-order valence-electron chi connectivity index (χ2n) is 6.33. The van der Waals surface area contributed by atoms with Crippen LogP contribution in [0.25, 0.3) is 0 Å². The number of halogens is 1. The van der Waals surface area contributed by atoms with Gasteiger partial charge in [-0.3, -0.25) is 4.79 Å². The van der Waals surface area contributed by atoms with Crippen LogP contribution in [0.3, 0.4) is 0 Å². The summed E-state index contributed by atoms with van der Waals surface area (Å²) in [6.07, 6.45) is 2.06. The Morgan fingerprint density at radius 2 is 2.21 bits per heavy atom. The molecule has 0 aliphatic carbocycles. The number of carbonyl (C=O) groups is 1. The molecule has 0 N–H and O–H groups in total. The van der Waals surface area contributed by atoms with Gasteiger partial charge in [-0.25, -0.2) is 0 Å². The molecule has 2 aromatic rings. The molecule has 24 heavy (non-hydrogen) atoms. The van der Waals surface area contributed by atoms with E-state index in [-0.39, 0.29) is 5.91 Å². The lowest BCUT2D eigenvalue weighted by Crippen LogP contribution is -2.33. The van der Waals surface area contributed by atoms with Crippen LogP contribution in [-0.4, -0.2) is 42.6 Å². The fourth-order valence-corrected chi connectivity index (χ4v) is 3.33. The quantitative estimate of drug-likeness (QED) is 0.805. The van der Waals surface area contributed by atoms with Crippen molar-refractivity contribution in [3.63, 3.8) is 0 Å². The molecule has 128 valence electrons.